The van der Waals surface area contributed by atoms with Gasteiger partial charge in [0.1, 0.15) is 0 Å². The molecular weight excluding hydrogens is 392 g/mol. The molecule has 0 saturated heterocycles. The molecule has 0 aromatic carbocycles. The van der Waals surface area contributed by atoms with E-state index < -0.39 is 5.97 Å². The molecule has 0 heterocycles. The highest BCUT2D eigenvalue weighted by Gasteiger charge is 2.33. The molecule has 0 rings (SSSR count). The minimum absolute atomic E-state index is 0.623. The van der Waals surface area contributed by atoms with E-state index in [1.54, 1.807) is 0 Å². The van der Waals surface area contributed by atoms with Crippen molar-refractivity contribution < 1.29 is 18.6 Å². The van der Waals surface area contributed by atoms with Crippen molar-refractivity contribution in [3.8, 4) is 0 Å². The van der Waals surface area contributed by atoms with Crippen molar-refractivity contribution in [1.29, 1.82) is 0 Å². The van der Waals surface area contributed by atoms with E-state index in [0.717, 1.165) is 25.7 Å². The first-order valence-electron chi connectivity index (χ1n) is 12.9. The second-order valence-corrected chi connectivity index (χ2v) is 8.71. The number of hydrogen-bond acceptors (Lipinski definition) is 4. The van der Waals surface area contributed by atoms with Crippen LogP contribution in [0, 0.1) is 0 Å². The zero-order valence-electron chi connectivity index (χ0n) is 20.5. The van der Waals surface area contributed by atoms with Gasteiger partial charge in [0, 0.05) is 13.0 Å². The lowest BCUT2D eigenvalue weighted by Gasteiger charge is -2.34. The molecule has 0 spiro atoms. The fourth-order valence-electron chi connectivity index (χ4n) is 3.50. The van der Waals surface area contributed by atoms with E-state index in [1.165, 1.54) is 77.0 Å². The molecule has 0 amide bonds. The van der Waals surface area contributed by atoms with Gasteiger partial charge in [0.05, 0.1) is 19.8 Å². The van der Waals surface area contributed by atoms with Crippen LogP contribution in [0.3, 0.4) is 0 Å². The molecule has 0 unspecified atom stereocenters. The number of hydrogen-bond donors (Lipinski definition) is 0. The van der Waals surface area contributed by atoms with Crippen molar-refractivity contribution in [3.63, 3.8) is 0 Å². The molecule has 0 N–H and O–H groups in total. The Labute approximate surface area is 191 Å². The van der Waals surface area contributed by atoms with Crippen molar-refractivity contribution in [2.45, 2.75) is 136 Å². The zero-order valence-corrected chi connectivity index (χ0v) is 21.5. The lowest BCUT2D eigenvalue weighted by atomic mass is 10.1. The molecule has 4 nitrogen and oxygen atoms in total. The molecule has 0 atom stereocenters. The van der Waals surface area contributed by atoms with E-state index in [2.05, 4.69) is 31.3 Å². The van der Waals surface area contributed by atoms with Crippen LogP contribution in [0.15, 0.2) is 0 Å². The average molecular weight is 444 g/mol. The first kappa shape index (κ1) is 30.1. The number of ether oxygens (including phenoxy) is 3. The van der Waals surface area contributed by atoms with Crippen LogP contribution in [0.2, 0.25) is 0 Å². The van der Waals surface area contributed by atoms with Gasteiger partial charge in [0.25, 0.3) is 5.97 Å². The Balaban J connectivity index is 4.61. The molecule has 179 valence electrons. The van der Waals surface area contributed by atoms with Gasteiger partial charge in [0.2, 0.25) is 10.5 Å². The Kier molecular flexibility index (Phi) is 23.8. The minimum atomic E-state index is -0.912. The smallest absolute Gasteiger partial charge is 0.282 e. The molecule has 0 aromatic rings. The van der Waals surface area contributed by atoms with E-state index in [1.807, 2.05) is 0 Å². The fourth-order valence-corrected chi connectivity index (χ4v) is 3.65. The van der Waals surface area contributed by atoms with Gasteiger partial charge >= 0.3 is 0 Å². The summed E-state index contributed by atoms with van der Waals surface area (Å²) in [5, 5.41) is 0. The first-order chi connectivity index (χ1) is 14.7. The third-order valence-electron chi connectivity index (χ3n) is 5.44. The van der Waals surface area contributed by atoms with Gasteiger partial charge in [-0.05, 0) is 25.7 Å². The van der Waals surface area contributed by atoms with E-state index in [-0.39, 0.29) is 0 Å². The molecule has 0 bridgehead atoms. The summed E-state index contributed by atoms with van der Waals surface area (Å²) in [5.41, 5.74) is 0. The van der Waals surface area contributed by atoms with E-state index in [0.29, 0.717) is 32.8 Å². The number of rotatable bonds is 25. The van der Waals surface area contributed by atoms with Gasteiger partial charge in [-0.3, -0.25) is 0 Å². The van der Waals surface area contributed by atoms with Crippen LogP contribution in [0.25, 0.3) is 0 Å². The fraction of sp³-hybridized carbons (Fsp3) is 1.00. The minimum Gasteiger partial charge on any atom is -0.419 e. The summed E-state index contributed by atoms with van der Waals surface area (Å²) in [5.74, 6) is -0.912. The molecule has 5 heteroatoms. The molecule has 0 fully saturated rings. The second kappa shape index (κ2) is 23.7. The highest BCUT2D eigenvalue weighted by atomic mass is 28.2. The maximum Gasteiger partial charge on any atom is 0.282 e. The van der Waals surface area contributed by atoms with Crippen molar-refractivity contribution in [3.05, 3.63) is 0 Å². The largest absolute Gasteiger partial charge is 0.419 e. The summed E-state index contributed by atoms with van der Waals surface area (Å²) < 4.78 is 24.0. The summed E-state index contributed by atoms with van der Waals surface area (Å²) in [7, 11) is 3.11. The molecule has 0 aliphatic carbocycles. The molecule has 0 aliphatic heterocycles. The Hall–Kier alpha value is 0.0569. The van der Waals surface area contributed by atoms with Crippen LogP contribution in [-0.4, -0.2) is 42.9 Å². The van der Waals surface area contributed by atoms with E-state index in [4.69, 9.17) is 18.6 Å². The zero-order chi connectivity index (χ0) is 22.2. The Morgan fingerprint density at radius 1 is 0.467 bits per heavy atom. The van der Waals surface area contributed by atoms with Gasteiger partial charge in [-0.2, -0.15) is 0 Å². The van der Waals surface area contributed by atoms with Gasteiger partial charge in [-0.25, -0.2) is 0 Å². The molecule has 3 radical (unpaired) electrons. The van der Waals surface area contributed by atoms with Crippen molar-refractivity contribution in [1.82, 2.24) is 0 Å². The molecule has 0 saturated carbocycles. The third kappa shape index (κ3) is 18.8. The van der Waals surface area contributed by atoms with Crippen LogP contribution < -0.4 is 0 Å². The lowest BCUT2D eigenvalue weighted by Crippen LogP contribution is -2.40. The predicted molar refractivity (Wildman–Crippen MR) is 128 cm³/mol. The standard InChI is InChI=1S/C25H51O4Si/c1-4-7-10-13-16-21-26-25(20-19-24-29-30,27-22-17-14-11-8-5-2)28-23-18-15-12-9-6-3/h4-24H2,1-3H3. The number of unbranched alkanes of at least 4 members (excludes halogenated alkanes) is 12. The molecule has 0 aliphatic rings. The second-order valence-electron chi connectivity index (χ2n) is 8.42. The average Bonchev–Trinajstić information content (AvgIpc) is 2.75. The van der Waals surface area contributed by atoms with Gasteiger partial charge < -0.3 is 18.6 Å². The van der Waals surface area contributed by atoms with Crippen LogP contribution in [-0.2, 0) is 18.6 Å². The summed E-state index contributed by atoms with van der Waals surface area (Å²) in [6.07, 6.45) is 19.9. The highest BCUT2D eigenvalue weighted by molar-refractivity contribution is 5.97. The Morgan fingerprint density at radius 3 is 1.17 bits per heavy atom. The lowest BCUT2D eigenvalue weighted by molar-refractivity contribution is -0.384. The maximum atomic E-state index is 6.30. The predicted octanol–water partition coefficient (Wildman–Crippen LogP) is 7.48. The van der Waals surface area contributed by atoms with Gasteiger partial charge in [0.15, 0.2) is 0 Å². The summed E-state index contributed by atoms with van der Waals surface area (Å²) in [6, 6.07) is 0. The topological polar surface area (TPSA) is 36.9 Å². The summed E-state index contributed by atoms with van der Waals surface area (Å²) in [6.45, 7) is 9.46. The van der Waals surface area contributed by atoms with Gasteiger partial charge in [-0.1, -0.05) is 97.8 Å². The quantitative estimate of drug-likeness (QED) is 0.0832. The first-order valence-corrected chi connectivity index (χ1v) is 13.4. The molecule has 30 heavy (non-hydrogen) atoms. The van der Waals surface area contributed by atoms with Crippen LogP contribution in [0.1, 0.15) is 130 Å². The van der Waals surface area contributed by atoms with Crippen molar-refractivity contribution in [2.24, 2.45) is 0 Å². The van der Waals surface area contributed by atoms with Crippen molar-refractivity contribution >= 4 is 10.5 Å². The van der Waals surface area contributed by atoms with Crippen molar-refractivity contribution in [2.75, 3.05) is 26.4 Å². The molecular formula is C25H51O4Si. The van der Waals surface area contributed by atoms with E-state index >= 15 is 0 Å². The maximum absolute atomic E-state index is 6.30. The van der Waals surface area contributed by atoms with Gasteiger partial charge in [-0.15, -0.1) is 0 Å². The Morgan fingerprint density at radius 2 is 0.833 bits per heavy atom. The summed E-state index contributed by atoms with van der Waals surface area (Å²) >= 11 is 0. The molecule has 0 aromatic heterocycles. The highest BCUT2D eigenvalue weighted by Crippen LogP contribution is 2.25. The van der Waals surface area contributed by atoms with Crippen LogP contribution in [0.5, 0.6) is 0 Å². The summed E-state index contributed by atoms with van der Waals surface area (Å²) in [4.78, 5) is 0. The third-order valence-corrected chi connectivity index (χ3v) is 5.64. The monoisotopic (exact) mass is 443 g/mol. The van der Waals surface area contributed by atoms with Crippen LogP contribution in [0.4, 0.5) is 0 Å². The SMILES string of the molecule is CCCCCCCOC(CCCO[Si])(OCCCCCCC)OCCCCCCC. The Bertz CT molecular complexity index is 287. The van der Waals surface area contributed by atoms with E-state index in [9.17, 15) is 0 Å². The normalized spacial score (nSPS) is 12.0. The van der Waals surface area contributed by atoms with Crippen LogP contribution >= 0.6 is 0 Å².